The van der Waals surface area contributed by atoms with Gasteiger partial charge in [0.05, 0.1) is 26.7 Å². The van der Waals surface area contributed by atoms with Crippen molar-refractivity contribution in [2.75, 3.05) is 54.1 Å². The van der Waals surface area contributed by atoms with Crippen LogP contribution >= 0.6 is 0 Å². The molecule has 3 aromatic rings. The molecule has 44 heavy (non-hydrogen) atoms. The first-order chi connectivity index (χ1) is 21.2. The lowest BCUT2D eigenvalue weighted by atomic mass is 9.72. The molecule has 0 bridgehead atoms. The summed E-state index contributed by atoms with van der Waals surface area (Å²) in [5, 5.41) is 0. The van der Waals surface area contributed by atoms with Gasteiger partial charge >= 0.3 is 0 Å². The Labute approximate surface area is 255 Å². The predicted molar refractivity (Wildman–Crippen MR) is 160 cm³/mol. The highest BCUT2D eigenvalue weighted by atomic mass is 19.2. The topological polar surface area (TPSA) is 107 Å². The number of likely N-dealkylation sites (tertiary alicyclic amines) is 2. The maximum absolute atomic E-state index is 14.5. The molecule has 2 aliphatic rings. The van der Waals surface area contributed by atoms with E-state index in [2.05, 4.69) is 9.88 Å². The number of nitrogens with zero attached hydrogens (tertiary/aromatic N) is 3. The molecule has 2 aromatic carbocycles. The molecular weight excluding hydrogens is 570 g/mol. The molecule has 234 valence electrons. The van der Waals surface area contributed by atoms with E-state index in [0.29, 0.717) is 86.8 Å². The van der Waals surface area contributed by atoms with Crippen LogP contribution in [0, 0.1) is 11.6 Å². The number of amides is 2. The summed E-state index contributed by atoms with van der Waals surface area (Å²) in [7, 11) is 4.47. The number of hydrogen-bond acceptors (Lipinski definition) is 7. The first kappa shape index (κ1) is 31.2. The third-order valence-electron chi connectivity index (χ3n) is 9.39. The maximum Gasteiger partial charge on any atom is 0.254 e. The van der Waals surface area contributed by atoms with Crippen molar-refractivity contribution in [3.8, 4) is 17.2 Å². The average Bonchev–Trinajstić information content (AvgIpc) is 3.50. The van der Waals surface area contributed by atoms with Gasteiger partial charge in [-0.1, -0.05) is 12.1 Å². The smallest absolute Gasteiger partial charge is 0.254 e. The number of pyridine rings is 1. The van der Waals surface area contributed by atoms with E-state index in [4.69, 9.17) is 19.9 Å². The standard InChI is InChI=1S/C33H38F2N4O5/c1-42-27-17-22(18-28(43-2)29(27)44-3)30(40)39-16-9-32(21-39,23-6-7-25(34)26(35)19-23)8-13-38-14-10-33(11-15-38,31(36)41)24-5-4-12-37-20-24/h4-7,12,17-20H,8-11,13-16,21H2,1-3H3,(H2,36,41). The van der Waals surface area contributed by atoms with Crippen molar-refractivity contribution in [2.45, 2.75) is 36.5 Å². The molecule has 1 atom stereocenters. The molecule has 2 amide bonds. The Hall–Kier alpha value is -4.25. The van der Waals surface area contributed by atoms with Gasteiger partial charge in [0, 0.05) is 36.5 Å². The van der Waals surface area contributed by atoms with E-state index in [1.165, 1.54) is 27.4 Å². The minimum Gasteiger partial charge on any atom is -0.493 e. The lowest BCUT2D eigenvalue weighted by Crippen LogP contribution is -2.50. The third-order valence-corrected chi connectivity index (χ3v) is 9.39. The summed E-state index contributed by atoms with van der Waals surface area (Å²) >= 11 is 0. The number of primary amides is 1. The van der Waals surface area contributed by atoms with Gasteiger partial charge in [0.1, 0.15) is 0 Å². The molecule has 1 unspecified atom stereocenters. The Bertz CT molecular complexity index is 1490. The highest BCUT2D eigenvalue weighted by Crippen LogP contribution is 2.42. The van der Waals surface area contributed by atoms with Gasteiger partial charge in [0.15, 0.2) is 23.1 Å². The summed E-state index contributed by atoms with van der Waals surface area (Å²) in [6, 6.07) is 10.9. The lowest BCUT2D eigenvalue weighted by Gasteiger charge is -2.41. The van der Waals surface area contributed by atoms with Crippen molar-refractivity contribution in [2.24, 2.45) is 5.73 Å². The third kappa shape index (κ3) is 5.80. The molecule has 5 rings (SSSR count). The Morgan fingerprint density at radius 1 is 0.909 bits per heavy atom. The number of carbonyl (C=O) groups excluding carboxylic acids is 2. The largest absolute Gasteiger partial charge is 0.493 e. The molecule has 9 nitrogen and oxygen atoms in total. The number of aromatic nitrogens is 1. The predicted octanol–water partition coefficient (Wildman–Crippen LogP) is 4.08. The number of hydrogen-bond donors (Lipinski definition) is 1. The molecular formula is C33H38F2N4O5. The highest BCUT2D eigenvalue weighted by Gasteiger charge is 2.44. The summed E-state index contributed by atoms with van der Waals surface area (Å²) in [5.74, 6) is -1.31. The number of benzene rings is 2. The van der Waals surface area contributed by atoms with E-state index in [0.717, 1.165) is 11.6 Å². The zero-order valence-electron chi connectivity index (χ0n) is 25.3. The van der Waals surface area contributed by atoms with Crippen molar-refractivity contribution in [3.05, 3.63) is 83.2 Å². The number of rotatable bonds is 10. The number of carbonyl (C=O) groups is 2. The minimum absolute atomic E-state index is 0.227. The van der Waals surface area contributed by atoms with Crippen LogP contribution in [0.15, 0.2) is 54.9 Å². The molecule has 2 N–H and O–H groups in total. The first-order valence-corrected chi connectivity index (χ1v) is 14.6. The van der Waals surface area contributed by atoms with E-state index in [9.17, 15) is 18.4 Å². The van der Waals surface area contributed by atoms with Crippen molar-refractivity contribution in [1.82, 2.24) is 14.8 Å². The van der Waals surface area contributed by atoms with Gasteiger partial charge in [-0.05, 0) is 86.8 Å². The van der Waals surface area contributed by atoms with E-state index >= 15 is 0 Å². The summed E-state index contributed by atoms with van der Waals surface area (Å²) in [5.41, 5.74) is 6.37. The average molecular weight is 609 g/mol. The molecule has 0 radical (unpaired) electrons. The number of nitrogens with two attached hydrogens (primary N) is 1. The molecule has 3 heterocycles. The zero-order chi connectivity index (χ0) is 31.5. The molecule has 11 heteroatoms. The van der Waals surface area contributed by atoms with Crippen LogP contribution in [0.2, 0.25) is 0 Å². The van der Waals surface area contributed by atoms with E-state index in [-0.39, 0.29) is 11.8 Å². The minimum atomic E-state index is -0.919. The quantitative estimate of drug-likeness (QED) is 0.370. The maximum atomic E-state index is 14.5. The van der Waals surface area contributed by atoms with Crippen LogP contribution in [-0.2, 0) is 15.6 Å². The van der Waals surface area contributed by atoms with Gasteiger partial charge in [-0.15, -0.1) is 0 Å². The van der Waals surface area contributed by atoms with Gasteiger partial charge in [-0.25, -0.2) is 8.78 Å². The van der Waals surface area contributed by atoms with Gasteiger partial charge in [-0.3, -0.25) is 14.6 Å². The summed E-state index contributed by atoms with van der Waals surface area (Å²) in [4.78, 5) is 34.6. The highest BCUT2D eigenvalue weighted by molar-refractivity contribution is 5.96. The Morgan fingerprint density at radius 3 is 2.18 bits per heavy atom. The van der Waals surface area contributed by atoms with Gasteiger partial charge in [0.25, 0.3) is 5.91 Å². The van der Waals surface area contributed by atoms with E-state index in [1.54, 1.807) is 35.5 Å². The number of halogens is 2. The second kappa shape index (κ2) is 12.8. The van der Waals surface area contributed by atoms with Crippen LogP contribution in [-0.4, -0.2) is 80.7 Å². The molecule has 0 spiro atoms. The second-order valence-electron chi connectivity index (χ2n) is 11.6. The van der Waals surface area contributed by atoms with Crippen molar-refractivity contribution >= 4 is 11.8 Å². The normalized spacial score (nSPS) is 19.9. The molecule has 2 fully saturated rings. The van der Waals surface area contributed by atoms with Gasteiger partial charge in [0.2, 0.25) is 11.7 Å². The lowest BCUT2D eigenvalue weighted by molar-refractivity contribution is -0.125. The summed E-state index contributed by atoms with van der Waals surface area (Å²) in [6.45, 7) is 2.68. The second-order valence-corrected chi connectivity index (χ2v) is 11.6. The van der Waals surface area contributed by atoms with Crippen LogP contribution in [0.5, 0.6) is 17.2 Å². The van der Waals surface area contributed by atoms with E-state index < -0.39 is 22.5 Å². The number of piperidine rings is 1. The fourth-order valence-corrected chi connectivity index (χ4v) is 6.70. The van der Waals surface area contributed by atoms with E-state index in [1.807, 2.05) is 12.1 Å². The Kier molecular flexibility index (Phi) is 9.05. The molecule has 2 aliphatic heterocycles. The fraction of sp³-hybridized carbons (Fsp3) is 0.424. The van der Waals surface area contributed by atoms with Crippen molar-refractivity contribution in [3.63, 3.8) is 0 Å². The Morgan fingerprint density at radius 2 is 1.61 bits per heavy atom. The SMILES string of the molecule is COc1cc(C(=O)N2CCC(CCN3CCC(C(N)=O)(c4cccnc4)CC3)(c3ccc(F)c(F)c3)C2)cc(OC)c1OC. The van der Waals surface area contributed by atoms with Gasteiger partial charge in [-0.2, -0.15) is 0 Å². The van der Waals surface area contributed by atoms with Crippen LogP contribution < -0.4 is 19.9 Å². The van der Waals surface area contributed by atoms with Gasteiger partial charge < -0.3 is 29.7 Å². The number of methoxy groups -OCH3 is 3. The van der Waals surface area contributed by atoms with Crippen molar-refractivity contribution in [1.29, 1.82) is 0 Å². The molecule has 0 saturated carbocycles. The monoisotopic (exact) mass is 608 g/mol. The van der Waals surface area contributed by atoms with Crippen LogP contribution in [0.1, 0.15) is 47.2 Å². The fourth-order valence-electron chi connectivity index (χ4n) is 6.70. The molecule has 1 aromatic heterocycles. The van der Waals surface area contributed by atoms with Crippen LogP contribution in [0.25, 0.3) is 0 Å². The molecule has 2 saturated heterocycles. The Balaban J connectivity index is 1.36. The van der Waals surface area contributed by atoms with Crippen LogP contribution in [0.3, 0.4) is 0 Å². The summed E-state index contributed by atoms with van der Waals surface area (Å²) < 4.78 is 44.8. The van der Waals surface area contributed by atoms with Crippen LogP contribution in [0.4, 0.5) is 8.78 Å². The first-order valence-electron chi connectivity index (χ1n) is 14.6. The van der Waals surface area contributed by atoms with Crippen molar-refractivity contribution < 1.29 is 32.6 Å². The number of ether oxygens (including phenoxy) is 3. The zero-order valence-corrected chi connectivity index (χ0v) is 25.3. The summed E-state index contributed by atoms with van der Waals surface area (Å²) in [6.07, 6.45) is 5.66. The molecule has 0 aliphatic carbocycles.